The Bertz CT molecular complexity index is 1600. The molecule has 0 saturated carbocycles. The second kappa shape index (κ2) is 7.99. The van der Waals surface area contributed by atoms with Crippen molar-refractivity contribution >= 4 is 21.7 Å². The predicted octanol–water partition coefficient (Wildman–Crippen LogP) is 8.09. The van der Waals surface area contributed by atoms with E-state index in [-0.39, 0.29) is 0 Å². The SMILES string of the molecule is Cc1nc(-c2ccccc2)c2c(cc(-c3ccccc3-c3ccccc3)c3ccccc32)n1. The Labute approximate surface area is 193 Å². The first kappa shape index (κ1) is 19.4. The van der Waals surface area contributed by atoms with E-state index < -0.39 is 0 Å². The summed E-state index contributed by atoms with van der Waals surface area (Å²) in [5.41, 5.74) is 7.89. The molecule has 6 rings (SSSR count). The van der Waals surface area contributed by atoms with Crippen LogP contribution >= 0.6 is 0 Å². The van der Waals surface area contributed by atoms with Gasteiger partial charge in [-0.15, -0.1) is 0 Å². The molecule has 0 spiro atoms. The average molecular weight is 423 g/mol. The predicted molar refractivity (Wildman–Crippen MR) is 138 cm³/mol. The normalized spacial score (nSPS) is 11.2. The van der Waals surface area contributed by atoms with Gasteiger partial charge in [0.1, 0.15) is 5.82 Å². The zero-order valence-electron chi connectivity index (χ0n) is 18.4. The Balaban J connectivity index is 1.72. The number of nitrogens with zero attached hydrogens (tertiary/aromatic N) is 2. The highest BCUT2D eigenvalue weighted by molar-refractivity contribution is 6.17. The van der Waals surface area contributed by atoms with Crippen LogP contribution in [0, 0.1) is 6.92 Å². The van der Waals surface area contributed by atoms with Crippen LogP contribution in [0.2, 0.25) is 0 Å². The summed E-state index contributed by atoms with van der Waals surface area (Å²) < 4.78 is 0. The van der Waals surface area contributed by atoms with Crippen molar-refractivity contribution in [1.29, 1.82) is 0 Å². The molecule has 0 fully saturated rings. The van der Waals surface area contributed by atoms with Crippen molar-refractivity contribution in [1.82, 2.24) is 9.97 Å². The van der Waals surface area contributed by atoms with Crippen molar-refractivity contribution in [2.45, 2.75) is 6.92 Å². The molecule has 0 amide bonds. The Morgan fingerprint density at radius 1 is 0.485 bits per heavy atom. The molecule has 0 unspecified atom stereocenters. The first-order valence-electron chi connectivity index (χ1n) is 11.2. The summed E-state index contributed by atoms with van der Waals surface area (Å²) in [6.45, 7) is 1.97. The second-order valence-corrected chi connectivity index (χ2v) is 8.26. The molecular formula is C31H22N2. The topological polar surface area (TPSA) is 25.8 Å². The summed E-state index contributed by atoms with van der Waals surface area (Å²) >= 11 is 0. The van der Waals surface area contributed by atoms with E-state index in [0.717, 1.165) is 28.0 Å². The summed E-state index contributed by atoms with van der Waals surface area (Å²) in [5, 5.41) is 3.48. The quantitative estimate of drug-likeness (QED) is 0.269. The van der Waals surface area contributed by atoms with E-state index in [0.29, 0.717) is 0 Å². The fourth-order valence-corrected chi connectivity index (χ4v) is 4.73. The molecule has 2 nitrogen and oxygen atoms in total. The molecule has 0 bridgehead atoms. The molecule has 0 aliphatic heterocycles. The van der Waals surface area contributed by atoms with Crippen LogP contribution in [-0.4, -0.2) is 9.97 Å². The summed E-state index contributed by atoms with van der Waals surface area (Å²) in [4.78, 5) is 9.77. The smallest absolute Gasteiger partial charge is 0.126 e. The molecule has 0 atom stereocenters. The minimum Gasteiger partial charge on any atom is -0.233 e. The number of hydrogen-bond donors (Lipinski definition) is 0. The van der Waals surface area contributed by atoms with Gasteiger partial charge in [-0.05, 0) is 46.0 Å². The molecule has 6 aromatic rings. The summed E-state index contributed by atoms with van der Waals surface area (Å²) in [5.74, 6) is 0.777. The van der Waals surface area contributed by atoms with Crippen molar-refractivity contribution < 1.29 is 0 Å². The van der Waals surface area contributed by atoms with Gasteiger partial charge in [-0.2, -0.15) is 0 Å². The summed E-state index contributed by atoms with van der Waals surface area (Å²) in [7, 11) is 0. The maximum Gasteiger partial charge on any atom is 0.126 e. The van der Waals surface area contributed by atoms with Crippen molar-refractivity contribution in [3.05, 3.63) is 121 Å². The van der Waals surface area contributed by atoms with E-state index in [2.05, 4.69) is 109 Å². The highest BCUT2D eigenvalue weighted by Crippen LogP contribution is 2.41. The van der Waals surface area contributed by atoms with E-state index in [9.17, 15) is 0 Å². The van der Waals surface area contributed by atoms with Crippen LogP contribution in [0.1, 0.15) is 5.82 Å². The van der Waals surface area contributed by atoms with Gasteiger partial charge < -0.3 is 0 Å². The molecule has 33 heavy (non-hydrogen) atoms. The van der Waals surface area contributed by atoms with E-state index >= 15 is 0 Å². The fourth-order valence-electron chi connectivity index (χ4n) is 4.73. The Kier molecular flexibility index (Phi) is 4.70. The number of aryl methyl sites for hydroxylation is 1. The second-order valence-electron chi connectivity index (χ2n) is 8.26. The number of hydrogen-bond acceptors (Lipinski definition) is 2. The molecule has 2 heteroatoms. The first-order chi connectivity index (χ1) is 16.3. The van der Waals surface area contributed by atoms with Crippen LogP contribution in [-0.2, 0) is 0 Å². The zero-order valence-corrected chi connectivity index (χ0v) is 18.4. The number of benzene rings is 5. The molecule has 1 aromatic heterocycles. The standard InChI is InChI=1S/C31H22N2/c1-21-32-29-20-28(25-17-9-8-16-24(25)22-12-4-2-5-13-22)26-18-10-11-19-27(26)30(29)31(33-21)23-14-6-3-7-15-23/h2-20H,1H3. The molecule has 0 N–H and O–H groups in total. The number of rotatable bonds is 3. The maximum absolute atomic E-state index is 4.89. The zero-order chi connectivity index (χ0) is 22.2. The maximum atomic E-state index is 4.89. The van der Waals surface area contributed by atoms with Gasteiger partial charge in [0.05, 0.1) is 11.2 Å². The lowest BCUT2D eigenvalue weighted by Gasteiger charge is -2.16. The Hall–Kier alpha value is -4.30. The summed E-state index contributed by atoms with van der Waals surface area (Å²) in [6.07, 6.45) is 0. The third-order valence-electron chi connectivity index (χ3n) is 6.17. The summed E-state index contributed by atoms with van der Waals surface area (Å²) in [6, 6.07) is 40.5. The van der Waals surface area contributed by atoms with Gasteiger partial charge in [0.2, 0.25) is 0 Å². The first-order valence-corrected chi connectivity index (χ1v) is 11.2. The lowest BCUT2D eigenvalue weighted by Crippen LogP contribution is -1.96. The van der Waals surface area contributed by atoms with Crippen molar-refractivity contribution in [2.75, 3.05) is 0 Å². The minimum absolute atomic E-state index is 0.777. The lowest BCUT2D eigenvalue weighted by atomic mass is 9.89. The van der Waals surface area contributed by atoms with Gasteiger partial charge in [-0.1, -0.05) is 109 Å². The monoisotopic (exact) mass is 422 g/mol. The molecule has 0 radical (unpaired) electrons. The van der Waals surface area contributed by atoms with Gasteiger partial charge in [-0.3, -0.25) is 0 Å². The van der Waals surface area contributed by atoms with Gasteiger partial charge in [0, 0.05) is 10.9 Å². The van der Waals surface area contributed by atoms with Crippen molar-refractivity contribution in [3.63, 3.8) is 0 Å². The Morgan fingerprint density at radius 3 is 1.79 bits per heavy atom. The average Bonchev–Trinajstić information content (AvgIpc) is 2.88. The van der Waals surface area contributed by atoms with Crippen LogP contribution in [0.5, 0.6) is 0 Å². The number of aromatic nitrogens is 2. The molecule has 156 valence electrons. The molecule has 5 aromatic carbocycles. The van der Waals surface area contributed by atoms with Crippen LogP contribution in [0.4, 0.5) is 0 Å². The van der Waals surface area contributed by atoms with E-state index in [4.69, 9.17) is 9.97 Å². The van der Waals surface area contributed by atoms with Crippen molar-refractivity contribution in [3.8, 4) is 33.5 Å². The van der Waals surface area contributed by atoms with E-state index in [1.165, 1.54) is 33.0 Å². The molecule has 0 aliphatic carbocycles. The van der Waals surface area contributed by atoms with Gasteiger partial charge in [-0.25, -0.2) is 9.97 Å². The lowest BCUT2D eigenvalue weighted by molar-refractivity contribution is 1.10. The van der Waals surface area contributed by atoms with E-state index in [1.807, 2.05) is 13.0 Å². The molecule has 1 heterocycles. The van der Waals surface area contributed by atoms with Crippen LogP contribution in [0.15, 0.2) is 115 Å². The minimum atomic E-state index is 0.777. The van der Waals surface area contributed by atoms with Crippen molar-refractivity contribution in [2.24, 2.45) is 0 Å². The highest BCUT2D eigenvalue weighted by Gasteiger charge is 2.17. The third kappa shape index (κ3) is 3.37. The van der Waals surface area contributed by atoms with Crippen LogP contribution < -0.4 is 0 Å². The number of fused-ring (bicyclic) bond motifs is 3. The molecule has 0 saturated heterocycles. The fraction of sp³-hybridized carbons (Fsp3) is 0.0323. The molecule has 0 aliphatic rings. The van der Waals surface area contributed by atoms with Gasteiger partial charge in [0.15, 0.2) is 0 Å². The highest BCUT2D eigenvalue weighted by atomic mass is 14.9. The Morgan fingerprint density at radius 2 is 1.06 bits per heavy atom. The van der Waals surface area contributed by atoms with Crippen LogP contribution in [0.3, 0.4) is 0 Å². The largest absolute Gasteiger partial charge is 0.233 e. The van der Waals surface area contributed by atoms with Gasteiger partial charge >= 0.3 is 0 Å². The molecular weight excluding hydrogens is 400 g/mol. The third-order valence-corrected chi connectivity index (χ3v) is 6.17. The van der Waals surface area contributed by atoms with Gasteiger partial charge in [0.25, 0.3) is 0 Å². The van der Waals surface area contributed by atoms with Crippen LogP contribution in [0.25, 0.3) is 55.2 Å². The van der Waals surface area contributed by atoms with E-state index in [1.54, 1.807) is 0 Å².